The number of H-pyrrole nitrogens is 1. The average Bonchev–Trinajstić information content (AvgIpc) is 2.68. The highest BCUT2D eigenvalue weighted by Gasteiger charge is 2.25. The quantitative estimate of drug-likeness (QED) is 0.860. The zero-order chi connectivity index (χ0) is 13.5. The van der Waals surface area contributed by atoms with E-state index in [4.69, 9.17) is 0 Å². The first-order valence-electron chi connectivity index (χ1n) is 6.10. The van der Waals surface area contributed by atoms with Gasteiger partial charge in [-0.05, 0) is 18.2 Å². The summed E-state index contributed by atoms with van der Waals surface area (Å²) in [6, 6.07) is 5.79. The van der Waals surface area contributed by atoms with Crippen molar-refractivity contribution in [1.29, 1.82) is 0 Å². The third-order valence-electron chi connectivity index (χ3n) is 3.23. The molecule has 7 heteroatoms. The second kappa shape index (κ2) is 4.88. The first-order chi connectivity index (χ1) is 9.02. The normalized spacial score (nSPS) is 22.7. The van der Waals surface area contributed by atoms with E-state index < -0.39 is 9.84 Å². The first-order valence-corrected chi connectivity index (χ1v) is 8.71. The molecule has 3 rings (SSSR count). The molecule has 2 N–H and O–H groups in total. The standard InChI is InChI=1S/C12H14BrN3O2S/c13-8-1-2-10-11(5-8)16-12(15-10)6-9-7-19(17,18)4-3-14-9/h1-2,5,9,14H,3-4,6-7H2,(H,15,16). The topological polar surface area (TPSA) is 74.8 Å². The number of imidazole rings is 1. The van der Waals surface area contributed by atoms with Crippen LogP contribution in [0.25, 0.3) is 11.0 Å². The van der Waals surface area contributed by atoms with E-state index >= 15 is 0 Å². The number of sulfone groups is 1. The molecular weight excluding hydrogens is 330 g/mol. The van der Waals surface area contributed by atoms with Gasteiger partial charge in [0.2, 0.25) is 0 Å². The van der Waals surface area contributed by atoms with Gasteiger partial charge < -0.3 is 10.3 Å². The minimum absolute atomic E-state index is 0.0530. The molecule has 1 aromatic carbocycles. The Hall–Kier alpha value is -0.920. The lowest BCUT2D eigenvalue weighted by Crippen LogP contribution is -2.46. The predicted molar refractivity (Wildman–Crippen MR) is 77.9 cm³/mol. The van der Waals surface area contributed by atoms with Crippen molar-refractivity contribution in [3.05, 3.63) is 28.5 Å². The predicted octanol–water partition coefficient (Wildman–Crippen LogP) is 1.25. The van der Waals surface area contributed by atoms with Crippen LogP contribution in [0, 0.1) is 0 Å². The number of rotatable bonds is 2. The van der Waals surface area contributed by atoms with Crippen LogP contribution in [0.5, 0.6) is 0 Å². The van der Waals surface area contributed by atoms with Crippen LogP contribution in [0.15, 0.2) is 22.7 Å². The lowest BCUT2D eigenvalue weighted by molar-refractivity contribution is 0.510. The third kappa shape index (κ3) is 2.98. The van der Waals surface area contributed by atoms with Crippen LogP contribution in [0.2, 0.25) is 0 Å². The molecule has 1 unspecified atom stereocenters. The first kappa shape index (κ1) is 13.1. The molecule has 0 saturated carbocycles. The van der Waals surface area contributed by atoms with Crippen LogP contribution in [-0.4, -0.2) is 42.5 Å². The Balaban J connectivity index is 1.81. The highest BCUT2D eigenvalue weighted by atomic mass is 79.9. The van der Waals surface area contributed by atoms with Gasteiger partial charge in [0.25, 0.3) is 0 Å². The average molecular weight is 344 g/mol. The van der Waals surface area contributed by atoms with Crippen molar-refractivity contribution in [2.45, 2.75) is 12.5 Å². The van der Waals surface area contributed by atoms with E-state index in [1.165, 1.54) is 0 Å². The lowest BCUT2D eigenvalue weighted by atomic mass is 10.2. The molecule has 1 aliphatic rings. The second-order valence-electron chi connectivity index (χ2n) is 4.81. The minimum atomic E-state index is -2.90. The number of fused-ring (bicyclic) bond motifs is 1. The van der Waals surface area contributed by atoms with E-state index in [1.54, 1.807) is 0 Å². The van der Waals surface area contributed by atoms with Gasteiger partial charge in [-0.2, -0.15) is 0 Å². The maximum atomic E-state index is 11.6. The number of nitrogens with one attached hydrogen (secondary N) is 2. The third-order valence-corrected chi connectivity index (χ3v) is 5.46. The summed E-state index contributed by atoms with van der Waals surface area (Å²) in [6.45, 7) is 0.527. The van der Waals surface area contributed by atoms with Gasteiger partial charge in [0, 0.05) is 23.5 Å². The zero-order valence-corrected chi connectivity index (χ0v) is 12.6. The molecule has 1 fully saturated rings. The minimum Gasteiger partial charge on any atom is -0.342 e. The summed E-state index contributed by atoms with van der Waals surface area (Å²) in [5, 5.41) is 3.23. The van der Waals surface area contributed by atoms with Crippen LogP contribution >= 0.6 is 15.9 Å². The van der Waals surface area contributed by atoms with E-state index in [1.807, 2.05) is 18.2 Å². The molecule has 1 aliphatic heterocycles. The molecule has 1 saturated heterocycles. The summed E-state index contributed by atoms with van der Waals surface area (Å²) in [6.07, 6.45) is 0.603. The number of hydrogen-bond donors (Lipinski definition) is 2. The SMILES string of the molecule is O=S1(=O)CCNC(Cc2nc3ccc(Br)cc3[nH]2)C1. The molecule has 102 valence electrons. The van der Waals surface area contributed by atoms with Gasteiger partial charge in [-0.3, -0.25) is 0 Å². The Morgan fingerprint density at radius 1 is 1.42 bits per heavy atom. The number of nitrogens with zero attached hydrogens (tertiary/aromatic N) is 1. The van der Waals surface area contributed by atoms with Gasteiger partial charge in [0.15, 0.2) is 9.84 Å². The fourth-order valence-corrected chi connectivity index (χ4v) is 4.17. The zero-order valence-electron chi connectivity index (χ0n) is 10.2. The molecule has 0 bridgehead atoms. The number of aromatic amines is 1. The Morgan fingerprint density at radius 3 is 3.05 bits per heavy atom. The summed E-state index contributed by atoms with van der Waals surface area (Å²) in [5.41, 5.74) is 1.86. The maximum Gasteiger partial charge on any atom is 0.153 e. The number of hydrogen-bond acceptors (Lipinski definition) is 4. The Labute approximate surface area is 119 Å². The van der Waals surface area contributed by atoms with E-state index in [9.17, 15) is 8.42 Å². The van der Waals surface area contributed by atoms with Gasteiger partial charge in [-0.25, -0.2) is 13.4 Å². The smallest absolute Gasteiger partial charge is 0.153 e. The monoisotopic (exact) mass is 343 g/mol. The second-order valence-corrected chi connectivity index (χ2v) is 7.96. The molecule has 0 spiro atoms. The van der Waals surface area contributed by atoms with Gasteiger partial charge in [-0.15, -0.1) is 0 Å². The molecular formula is C12H14BrN3O2S. The molecule has 1 atom stereocenters. The van der Waals surface area contributed by atoms with Crippen molar-refractivity contribution in [2.24, 2.45) is 0 Å². The van der Waals surface area contributed by atoms with Crippen LogP contribution < -0.4 is 5.32 Å². The fraction of sp³-hybridized carbons (Fsp3) is 0.417. The Morgan fingerprint density at radius 2 is 2.26 bits per heavy atom. The van der Waals surface area contributed by atoms with E-state index in [0.29, 0.717) is 13.0 Å². The highest BCUT2D eigenvalue weighted by molar-refractivity contribution is 9.10. The number of halogens is 1. The number of benzene rings is 1. The van der Waals surface area contributed by atoms with E-state index in [-0.39, 0.29) is 17.5 Å². The van der Waals surface area contributed by atoms with Crippen molar-refractivity contribution < 1.29 is 8.42 Å². The van der Waals surface area contributed by atoms with E-state index in [2.05, 4.69) is 31.2 Å². The molecule has 5 nitrogen and oxygen atoms in total. The molecule has 0 aliphatic carbocycles. The molecule has 1 aromatic heterocycles. The largest absolute Gasteiger partial charge is 0.342 e. The Kier molecular flexibility index (Phi) is 3.36. The number of aromatic nitrogens is 2. The molecule has 0 radical (unpaired) electrons. The van der Waals surface area contributed by atoms with Crippen molar-refractivity contribution in [3.8, 4) is 0 Å². The van der Waals surface area contributed by atoms with Crippen LogP contribution in [0.1, 0.15) is 5.82 Å². The molecule has 2 aromatic rings. The van der Waals surface area contributed by atoms with Crippen molar-refractivity contribution in [1.82, 2.24) is 15.3 Å². The Bertz CT molecular complexity index is 711. The molecule has 19 heavy (non-hydrogen) atoms. The van der Waals surface area contributed by atoms with Crippen molar-refractivity contribution >= 4 is 36.8 Å². The van der Waals surface area contributed by atoms with Gasteiger partial charge in [0.1, 0.15) is 5.82 Å². The van der Waals surface area contributed by atoms with Gasteiger partial charge >= 0.3 is 0 Å². The van der Waals surface area contributed by atoms with Gasteiger partial charge in [-0.1, -0.05) is 15.9 Å². The summed E-state index contributed by atoms with van der Waals surface area (Å²) >= 11 is 3.42. The summed E-state index contributed by atoms with van der Waals surface area (Å²) in [5.74, 6) is 1.24. The molecule has 2 heterocycles. The fourth-order valence-electron chi connectivity index (χ4n) is 2.36. The summed E-state index contributed by atoms with van der Waals surface area (Å²) in [7, 11) is -2.90. The van der Waals surface area contributed by atoms with Crippen LogP contribution in [0.4, 0.5) is 0 Å². The van der Waals surface area contributed by atoms with E-state index in [0.717, 1.165) is 21.3 Å². The van der Waals surface area contributed by atoms with Crippen LogP contribution in [0.3, 0.4) is 0 Å². The van der Waals surface area contributed by atoms with Gasteiger partial charge in [0.05, 0.1) is 22.5 Å². The highest BCUT2D eigenvalue weighted by Crippen LogP contribution is 2.18. The van der Waals surface area contributed by atoms with Crippen LogP contribution in [-0.2, 0) is 16.3 Å². The lowest BCUT2D eigenvalue weighted by Gasteiger charge is -2.22. The van der Waals surface area contributed by atoms with Crippen molar-refractivity contribution in [3.63, 3.8) is 0 Å². The maximum absolute atomic E-state index is 11.6. The van der Waals surface area contributed by atoms with Crippen molar-refractivity contribution in [2.75, 3.05) is 18.1 Å². The molecule has 0 amide bonds. The summed E-state index contributed by atoms with van der Waals surface area (Å²) < 4.78 is 24.2. The summed E-state index contributed by atoms with van der Waals surface area (Å²) in [4.78, 5) is 7.72.